The van der Waals surface area contributed by atoms with Crippen LogP contribution in [0.5, 0.6) is 5.75 Å². The Labute approximate surface area is 198 Å². The topological polar surface area (TPSA) is 82.2 Å². The van der Waals surface area contributed by atoms with Gasteiger partial charge in [0.2, 0.25) is 0 Å². The van der Waals surface area contributed by atoms with Crippen LogP contribution in [0.4, 0.5) is 5.69 Å². The normalized spacial score (nSPS) is 11.0. The van der Waals surface area contributed by atoms with Gasteiger partial charge < -0.3 is 14.5 Å². The van der Waals surface area contributed by atoms with Crippen molar-refractivity contribution < 1.29 is 13.9 Å². The Morgan fingerprint density at radius 1 is 0.939 bits per heavy atom. The highest BCUT2D eigenvalue weighted by atomic mass is 35.5. The smallest absolute Gasteiger partial charge is 0.291 e. The molecule has 7 nitrogen and oxygen atoms in total. The van der Waals surface area contributed by atoms with Crippen molar-refractivity contribution in [1.29, 1.82) is 0 Å². The molecule has 0 atom stereocenters. The van der Waals surface area contributed by atoms with Gasteiger partial charge >= 0.3 is 0 Å². The van der Waals surface area contributed by atoms with E-state index < -0.39 is 0 Å². The standard InChI is InChI=1S/C24H16Cl2N4O3/c1-32-22-9-7-17(13-18(22)26)30-28-19-8-6-16(12-20(19)29-30)27-24(31)23-11-10-21(33-23)14-2-4-15(25)5-3-14/h2-13H,1H3,(H,27,31). The van der Waals surface area contributed by atoms with Crippen LogP contribution in [0, 0.1) is 0 Å². The number of amides is 1. The first kappa shape index (κ1) is 21.1. The van der Waals surface area contributed by atoms with Crippen molar-refractivity contribution in [2.75, 3.05) is 12.4 Å². The summed E-state index contributed by atoms with van der Waals surface area (Å²) < 4.78 is 10.9. The summed E-state index contributed by atoms with van der Waals surface area (Å²) in [4.78, 5) is 14.2. The second kappa shape index (κ2) is 8.61. The molecule has 0 saturated carbocycles. The van der Waals surface area contributed by atoms with Gasteiger partial charge in [0, 0.05) is 16.3 Å². The van der Waals surface area contributed by atoms with E-state index >= 15 is 0 Å². The molecule has 0 saturated heterocycles. The van der Waals surface area contributed by atoms with E-state index in [0.29, 0.717) is 44.0 Å². The van der Waals surface area contributed by atoms with Crippen molar-refractivity contribution in [3.8, 4) is 22.8 Å². The molecule has 5 rings (SSSR count). The quantitative estimate of drug-likeness (QED) is 0.322. The molecule has 3 aromatic carbocycles. The minimum absolute atomic E-state index is 0.191. The molecule has 0 unspecified atom stereocenters. The molecule has 0 aliphatic heterocycles. The van der Waals surface area contributed by atoms with Crippen LogP contribution >= 0.6 is 23.2 Å². The third-order valence-corrected chi connectivity index (χ3v) is 5.51. The van der Waals surface area contributed by atoms with Gasteiger partial charge in [0.1, 0.15) is 22.5 Å². The molecule has 0 radical (unpaired) electrons. The third kappa shape index (κ3) is 4.28. The Morgan fingerprint density at radius 3 is 2.48 bits per heavy atom. The van der Waals surface area contributed by atoms with E-state index in [9.17, 15) is 4.79 Å². The summed E-state index contributed by atoms with van der Waals surface area (Å²) in [6.45, 7) is 0. The van der Waals surface area contributed by atoms with Gasteiger partial charge in [-0.05, 0) is 72.8 Å². The number of nitrogens with one attached hydrogen (secondary N) is 1. The molecule has 1 amide bonds. The van der Waals surface area contributed by atoms with Crippen molar-refractivity contribution in [3.63, 3.8) is 0 Å². The van der Waals surface area contributed by atoms with Crippen LogP contribution in [0.2, 0.25) is 10.0 Å². The zero-order valence-corrected chi connectivity index (χ0v) is 18.8. The van der Waals surface area contributed by atoms with Crippen LogP contribution in [-0.2, 0) is 0 Å². The summed E-state index contributed by atoms with van der Waals surface area (Å²) in [6, 6.07) is 21.1. The summed E-state index contributed by atoms with van der Waals surface area (Å²) in [7, 11) is 1.55. The Balaban J connectivity index is 1.36. The number of benzene rings is 3. The van der Waals surface area contributed by atoms with Crippen molar-refractivity contribution in [3.05, 3.63) is 88.6 Å². The van der Waals surface area contributed by atoms with Crippen LogP contribution in [0.3, 0.4) is 0 Å². The molecule has 33 heavy (non-hydrogen) atoms. The number of furan rings is 1. The molecule has 5 aromatic rings. The van der Waals surface area contributed by atoms with Gasteiger partial charge in [0.25, 0.3) is 5.91 Å². The van der Waals surface area contributed by atoms with E-state index in [1.54, 1.807) is 61.7 Å². The first-order valence-electron chi connectivity index (χ1n) is 9.88. The van der Waals surface area contributed by atoms with Crippen molar-refractivity contribution in [2.45, 2.75) is 0 Å². The van der Waals surface area contributed by atoms with Gasteiger partial charge in [-0.25, -0.2) is 0 Å². The maximum Gasteiger partial charge on any atom is 0.291 e. The van der Waals surface area contributed by atoms with E-state index in [0.717, 1.165) is 5.56 Å². The van der Waals surface area contributed by atoms with E-state index in [-0.39, 0.29) is 11.7 Å². The van der Waals surface area contributed by atoms with Gasteiger partial charge in [-0.2, -0.15) is 4.80 Å². The lowest BCUT2D eigenvalue weighted by molar-refractivity contribution is 0.0997. The zero-order valence-electron chi connectivity index (χ0n) is 17.3. The Hall–Kier alpha value is -3.81. The number of anilines is 1. The molecule has 0 aliphatic rings. The first-order valence-corrected chi connectivity index (χ1v) is 10.6. The van der Waals surface area contributed by atoms with Crippen molar-refractivity contribution in [2.24, 2.45) is 0 Å². The lowest BCUT2D eigenvalue weighted by Crippen LogP contribution is -2.10. The molecule has 1 N–H and O–H groups in total. The van der Waals surface area contributed by atoms with Crippen LogP contribution in [-0.4, -0.2) is 28.0 Å². The van der Waals surface area contributed by atoms with Crippen LogP contribution in [0.25, 0.3) is 28.0 Å². The van der Waals surface area contributed by atoms with Crippen LogP contribution in [0.15, 0.2) is 77.2 Å². The Kier molecular flexibility index (Phi) is 5.50. The highest BCUT2D eigenvalue weighted by molar-refractivity contribution is 6.32. The van der Waals surface area contributed by atoms with E-state index in [2.05, 4.69) is 15.5 Å². The van der Waals surface area contributed by atoms with Crippen LogP contribution < -0.4 is 10.1 Å². The number of fused-ring (bicyclic) bond motifs is 1. The van der Waals surface area contributed by atoms with Gasteiger partial charge in [0.15, 0.2) is 5.76 Å². The molecule has 2 aromatic heterocycles. The number of halogens is 2. The number of carbonyl (C=O) groups excluding carboxylic acids is 1. The number of hydrogen-bond donors (Lipinski definition) is 1. The maximum absolute atomic E-state index is 12.7. The molecule has 0 aliphatic carbocycles. The summed E-state index contributed by atoms with van der Waals surface area (Å²) in [5, 5.41) is 12.9. The minimum Gasteiger partial charge on any atom is -0.495 e. The number of carbonyl (C=O) groups is 1. The second-order valence-corrected chi connectivity index (χ2v) is 7.98. The average molecular weight is 479 g/mol. The van der Waals surface area contributed by atoms with E-state index in [1.807, 2.05) is 18.2 Å². The lowest BCUT2D eigenvalue weighted by Gasteiger charge is -2.04. The molecule has 164 valence electrons. The SMILES string of the molecule is COc1ccc(-n2nc3ccc(NC(=O)c4ccc(-c5ccc(Cl)cc5)o4)cc3n2)cc1Cl. The van der Waals surface area contributed by atoms with Crippen molar-refractivity contribution >= 4 is 45.8 Å². The number of aromatic nitrogens is 3. The van der Waals surface area contributed by atoms with Crippen molar-refractivity contribution in [1.82, 2.24) is 15.0 Å². The molecular weight excluding hydrogens is 463 g/mol. The van der Waals surface area contributed by atoms with Gasteiger partial charge in [-0.1, -0.05) is 23.2 Å². The fourth-order valence-electron chi connectivity index (χ4n) is 3.31. The summed E-state index contributed by atoms with van der Waals surface area (Å²) in [5.74, 6) is 0.966. The second-order valence-electron chi connectivity index (χ2n) is 7.14. The summed E-state index contributed by atoms with van der Waals surface area (Å²) >= 11 is 12.1. The maximum atomic E-state index is 12.7. The van der Waals surface area contributed by atoms with E-state index in [4.69, 9.17) is 32.4 Å². The largest absolute Gasteiger partial charge is 0.495 e. The third-order valence-electron chi connectivity index (χ3n) is 4.96. The monoisotopic (exact) mass is 478 g/mol. The van der Waals surface area contributed by atoms with Gasteiger partial charge in [-0.15, -0.1) is 10.2 Å². The predicted octanol–water partition coefficient (Wildman–Crippen LogP) is 6.25. The minimum atomic E-state index is -0.371. The van der Waals surface area contributed by atoms with Crippen LogP contribution in [0.1, 0.15) is 10.6 Å². The number of hydrogen-bond acceptors (Lipinski definition) is 5. The number of methoxy groups -OCH3 is 1. The summed E-state index contributed by atoms with van der Waals surface area (Å²) in [6.07, 6.45) is 0. The molecule has 0 bridgehead atoms. The summed E-state index contributed by atoms with van der Waals surface area (Å²) in [5.41, 5.74) is 3.36. The number of rotatable bonds is 5. The highest BCUT2D eigenvalue weighted by Crippen LogP contribution is 2.27. The Bertz CT molecular complexity index is 1480. The van der Waals surface area contributed by atoms with Gasteiger partial charge in [0.05, 0.1) is 17.8 Å². The molecule has 2 heterocycles. The van der Waals surface area contributed by atoms with Gasteiger partial charge in [-0.3, -0.25) is 4.79 Å². The van der Waals surface area contributed by atoms with E-state index in [1.165, 1.54) is 4.80 Å². The molecule has 0 spiro atoms. The predicted molar refractivity (Wildman–Crippen MR) is 128 cm³/mol. The Morgan fingerprint density at radius 2 is 1.73 bits per heavy atom. The molecule has 0 fully saturated rings. The number of ether oxygens (including phenoxy) is 1. The molecule has 9 heteroatoms. The highest BCUT2D eigenvalue weighted by Gasteiger charge is 2.14. The lowest BCUT2D eigenvalue weighted by atomic mass is 10.2. The average Bonchev–Trinajstić information content (AvgIpc) is 3.47. The first-order chi connectivity index (χ1) is 16.0. The molecular formula is C24H16Cl2N4O3. The fourth-order valence-corrected chi connectivity index (χ4v) is 3.69. The zero-order chi connectivity index (χ0) is 22.9. The number of nitrogens with zero attached hydrogens (tertiary/aromatic N) is 3. The fraction of sp³-hybridized carbons (Fsp3) is 0.0417.